The van der Waals surface area contributed by atoms with Gasteiger partial charge in [-0.25, -0.2) is 13.8 Å². The van der Waals surface area contributed by atoms with Crippen LogP contribution in [-0.4, -0.2) is 64.7 Å². The SMILES string of the molecule is CN1N=C(C(=O)N2CC(F)(F)CC2CO)CCC1=O. The van der Waals surface area contributed by atoms with Gasteiger partial charge in [-0.2, -0.15) is 5.10 Å². The van der Waals surface area contributed by atoms with Crippen molar-refractivity contribution in [3.63, 3.8) is 0 Å². The summed E-state index contributed by atoms with van der Waals surface area (Å²) in [5, 5.41) is 13.9. The Balaban J connectivity index is 2.16. The van der Waals surface area contributed by atoms with Crippen LogP contribution in [0.4, 0.5) is 8.78 Å². The first-order valence-electron chi connectivity index (χ1n) is 5.98. The maximum atomic E-state index is 13.3. The first kappa shape index (κ1) is 13.9. The number of nitrogens with zero attached hydrogens (tertiary/aromatic N) is 3. The Morgan fingerprint density at radius 2 is 2.21 bits per heavy atom. The van der Waals surface area contributed by atoms with Crippen LogP contribution in [0.25, 0.3) is 0 Å². The van der Waals surface area contributed by atoms with Gasteiger partial charge < -0.3 is 10.0 Å². The summed E-state index contributed by atoms with van der Waals surface area (Å²) in [6, 6.07) is -0.895. The second kappa shape index (κ2) is 4.84. The highest BCUT2D eigenvalue weighted by Crippen LogP contribution is 2.32. The minimum atomic E-state index is -2.99. The summed E-state index contributed by atoms with van der Waals surface area (Å²) < 4.78 is 26.6. The topological polar surface area (TPSA) is 73.2 Å². The molecule has 1 saturated heterocycles. The second-order valence-electron chi connectivity index (χ2n) is 4.79. The fourth-order valence-corrected chi connectivity index (χ4v) is 2.29. The predicted molar refractivity (Wildman–Crippen MR) is 61.6 cm³/mol. The zero-order chi connectivity index (χ0) is 14.2. The van der Waals surface area contributed by atoms with Crippen molar-refractivity contribution in [2.45, 2.75) is 31.2 Å². The number of alkyl halides is 2. The number of likely N-dealkylation sites (tertiary alicyclic amines) is 1. The number of hydrogen-bond donors (Lipinski definition) is 1. The molecule has 0 aromatic rings. The van der Waals surface area contributed by atoms with Gasteiger partial charge in [0.2, 0.25) is 5.91 Å². The summed E-state index contributed by atoms with van der Waals surface area (Å²) in [4.78, 5) is 24.3. The maximum absolute atomic E-state index is 13.3. The van der Waals surface area contributed by atoms with Crippen molar-refractivity contribution in [1.29, 1.82) is 0 Å². The molecule has 6 nitrogen and oxygen atoms in total. The van der Waals surface area contributed by atoms with Gasteiger partial charge in [0, 0.05) is 26.3 Å². The zero-order valence-corrected chi connectivity index (χ0v) is 10.5. The summed E-state index contributed by atoms with van der Waals surface area (Å²) in [7, 11) is 1.41. The van der Waals surface area contributed by atoms with E-state index in [1.54, 1.807) is 0 Å². The number of amides is 2. The van der Waals surface area contributed by atoms with Crippen LogP contribution in [0.3, 0.4) is 0 Å². The third kappa shape index (κ3) is 2.73. The predicted octanol–water partition coefficient (Wildman–Crippen LogP) is -0.177. The molecule has 0 saturated carbocycles. The molecule has 0 aliphatic carbocycles. The molecular formula is C11H15F2N3O3. The van der Waals surface area contributed by atoms with Gasteiger partial charge in [-0.1, -0.05) is 0 Å². The van der Waals surface area contributed by atoms with E-state index in [0.29, 0.717) is 0 Å². The molecule has 0 spiro atoms. The molecule has 1 atom stereocenters. The zero-order valence-electron chi connectivity index (χ0n) is 10.5. The van der Waals surface area contributed by atoms with Crippen molar-refractivity contribution < 1.29 is 23.5 Å². The number of halogens is 2. The summed E-state index contributed by atoms with van der Waals surface area (Å²) in [6.07, 6.45) is -0.269. The second-order valence-corrected chi connectivity index (χ2v) is 4.79. The van der Waals surface area contributed by atoms with E-state index in [0.717, 1.165) is 9.91 Å². The molecule has 1 unspecified atom stereocenters. The minimum Gasteiger partial charge on any atom is -0.394 e. The van der Waals surface area contributed by atoms with Gasteiger partial charge in [0.15, 0.2) is 0 Å². The van der Waals surface area contributed by atoms with E-state index >= 15 is 0 Å². The van der Waals surface area contributed by atoms with Crippen LogP contribution in [0.15, 0.2) is 5.10 Å². The monoisotopic (exact) mass is 275 g/mol. The lowest BCUT2D eigenvalue weighted by Gasteiger charge is -2.25. The quantitative estimate of drug-likeness (QED) is 0.760. The van der Waals surface area contributed by atoms with Crippen molar-refractivity contribution in [3.8, 4) is 0 Å². The summed E-state index contributed by atoms with van der Waals surface area (Å²) in [5.74, 6) is -3.84. The van der Waals surface area contributed by atoms with E-state index in [-0.39, 0.29) is 24.5 Å². The standard InChI is InChI=1S/C11H15F2N3O3/c1-15-9(18)3-2-8(14-15)10(19)16-6-11(12,13)4-7(16)5-17/h7,17H,2-6H2,1H3. The van der Waals surface area contributed by atoms with Gasteiger partial charge in [-0.05, 0) is 0 Å². The maximum Gasteiger partial charge on any atom is 0.270 e. The van der Waals surface area contributed by atoms with Crippen molar-refractivity contribution >= 4 is 17.5 Å². The summed E-state index contributed by atoms with van der Waals surface area (Å²) >= 11 is 0. The van der Waals surface area contributed by atoms with Crippen LogP contribution in [-0.2, 0) is 9.59 Å². The summed E-state index contributed by atoms with van der Waals surface area (Å²) in [5.41, 5.74) is 0.0817. The molecule has 106 valence electrons. The molecule has 0 bridgehead atoms. The van der Waals surface area contributed by atoms with E-state index in [4.69, 9.17) is 5.11 Å². The Kier molecular flexibility index (Phi) is 3.53. The number of aliphatic hydroxyl groups excluding tert-OH is 1. The minimum absolute atomic E-state index is 0.0817. The molecule has 2 heterocycles. The fraction of sp³-hybridized carbons (Fsp3) is 0.727. The summed E-state index contributed by atoms with van der Waals surface area (Å²) in [6.45, 7) is -1.23. The molecular weight excluding hydrogens is 260 g/mol. The van der Waals surface area contributed by atoms with Crippen molar-refractivity contribution in [1.82, 2.24) is 9.91 Å². The lowest BCUT2D eigenvalue weighted by Crippen LogP contribution is -2.44. The highest BCUT2D eigenvalue weighted by molar-refractivity contribution is 6.39. The van der Waals surface area contributed by atoms with Gasteiger partial charge >= 0.3 is 0 Å². The molecule has 1 fully saturated rings. The Morgan fingerprint density at radius 1 is 1.53 bits per heavy atom. The van der Waals surface area contributed by atoms with Gasteiger partial charge in [0.25, 0.3) is 11.8 Å². The first-order chi connectivity index (χ1) is 8.84. The van der Waals surface area contributed by atoms with Crippen LogP contribution in [0.2, 0.25) is 0 Å². The van der Waals surface area contributed by atoms with E-state index in [9.17, 15) is 18.4 Å². The van der Waals surface area contributed by atoms with Crippen LogP contribution < -0.4 is 0 Å². The van der Waals surface area contributed by atoms with Gasteiger partial charge in [0.1, 0.15) is 5.71 Å². The molecule has 2 rings (SSSR count). The number of rotatable bonds is 2. The number of hydrazone groups is 1. The molecule has 19 heavy (non-hydrogen) atoms. The molecule has 2 aliphatic heterocycles. The number of carbonyl (C=O) groups is 2. The normalized spacial score (nSPS) is 26.6. The van der Waals surface area contributed by atoms with Crippen molar-refractivity contribution in [2.24, 2.45) is 5.10 Å². The Hall–Kier alpha value is -1.57. The van der Waals surface area contributed by atoms with E-state index < -0.39 is 37.4 Å². The van der Waals surface area contributed by atoms with Crippen molar-refractivity contribution in [3.05, 3.63) is 0 Å². The third-order valence-corrected chi connectivity index (χ3v) is 3.30. The lowest BCUT2D eigenvalue weighted by atomic mass is 10.1. The van der Waals surface area contributed by atoms with Crippen LogP contribution in [0.5, 0.6) is 0 Å². The highest BCUT2D eigenvalue weighted by atomic mass is 19.3. The van der Waals surface area contributed by atoms with Gasteiger partial charge in [0.05, 0.1) is 19.2 Å². The molecule has 8 heteroatoms. The average Bonchev–Trinajstić information content (AvgIpc) is 2.67. The van der Waals surface area contributed by atoms with Crippen LogP contribution in [0.1, 0.15) is 19.3 Å². The first-order valence-corrected chi connectivity index (χ1v) is 5.98. The number of carbonyl (C=O) groups excluding carboxylic acids is 2. The Morgan fingerprint density at radius 3 is 2.79 bits per heavy atom. The molecule has 0 radical (unpaired) electrons. The highest BCUT2D eigenvalue weighted by Gasteiger charge is 2.47. The Bertz CT molecular complexity index is 439. The van der Waals surface area contributed by atoms with Crippen molar-refractivity contribution in [2.75, 3.05) is 20.2 Å². The molecule has 0 aromatic carbocycles. The van der Waals surface area contributed by atoms with Crippen LogP contribution >= 0.6 is 0 Å². The average molecular weight is 275 g/mol. The van der Waals surface area contributed by atoms with Gasteiger partial charge in [-0.3, -0.25) is 9.59 Å². The molecule has 0 aromatic heterocycles. The van der Waals surface area contributed by atoms with Crippen LogP contribution in [0, 0.1) is 0 Å². The third-order valence-electron chi connectivity index (χ3n) is 3.30. The van der Waals surface area contributed by atoms with E-state index in [1.165, 1.54) is 7.05 Å². The van der Waals surface area contributed by atoms with E-state index in [1.807, 2.05) is 0 Å². The Labute approximate surface area is 108 Å². The van der Waals surface area contributed by atoms with E-state index in [2.05, 4.69) is 5.10 Å². The number of hydrogen-bond acceptors (Lipinski definition) is 4. The lowest BCUT2D eigenvalue weighted by molar-refractivity contribution is -0.131. The fourth-order valence-electron chi connectivity index (χ4n) is 2.29. The van der Waals surface area contributed by atoms with Gasteiger partial charge in [-0.15, -0.1) is 0 Å². The molecule has 1 N–H and O–H groups in total. The molecule has 2 amide bonds. The smallest absolute Gasteiger partial charge is 0.270 e. The molecule has 2 aliphatic rings. The largest absolute Gasteiger partial charge is 0.394 e. The number of aliphatic hydroxyl groups is 1.